The molecule has 0 radical (unpaired) electrons. The molecule has 13 heteroatoms. The largest absolute Gasteiger partial charge is 0.506 e. The Kier molecular flexibility index (Phi) is 11.1. The summed E-state index contributed by atoms with van der Waals surface area (Å²) in [5.74, 6) is 0.169. The van der Waals surface area contributed by atoms with Crippen LogP contribution >= 0.6 is 0 Å². The lowest BCUT2D eigenvalue weighted by Gasteiger charge is -2.34. The predicted molar refractivity (Wildman–Crippen MR) is 169 cm³/mol. The SMILES string of the molecule is CCCCS(=O)(=O)Nc1ccc(N2CCC(NC[C@H](O)COc3ccc(O)c(NS(=O)(=O)c4ccccc4)c3)CC2)cc1. The first-order chi connectivity index (χ1) is 20.5. The van der Waals surface area contributed by atoms with E-state index in [0.717, 1.165) is 38.0 Å². The van der Waals surface area contributed by atoms with Crippen molar-refractivity contribution in [3.8, 4) is 11.5 Å². The molecule has 234 valence electrons. The van der Waals surface area contributed by atoms with Crippen LogP contribution in [0.1, 0.15) is 32.6 Å². The second kappa shape index (κ2) is 14.8. The summed E-state index contributed by atoms with van der Waals surface area (Å²) in [4.78, 5) is 2.32. The number of aromatic hydroxyl groups is 1. The smallest absolute Gasteiger partial charge is 0.262 e. The Labute approximate surface area is 254 Å². The van der Waals surface area contributed by atoms with Crippen molar-refractivity contribution in [2.75, 3.05) is 46.3 Å². The van der Waals surface area contributed by atoms with Gasteiger partial charge in [-0.1, -0.05) is 31.5 Å². The van der Waals surface area contributed by atoms with E-state index in [2.05, 4.69) is 19.7 Å². The summed E-state index contributed by atoms with van der Waals surface area (Å²) >= 11 is 0. The average Bonchev–Trinajstić information content (AvgIpc) is 3.00. The number of hydrogen-bond donors (Lipinski definition) is 5. The van der Waals surface area contributed by atoms with Crippen LogP contribution in [0.25, 0.3) is 0 Å². The number of sulfonamides is 2. The van der Waals surface area contributed by atoms with E-state index in [4.69, 9.17) is 4.74 Å². The number of piperidine rings is 1. The second-order valence-electron chi connectivity index (χ2n) is 10.6. The number of aliphatic hydroxyl groups is 1. The number of nitrogens with one attached hydrogen (secondary N) is 3. The molecule has 3 aromatic carbocycles. The van der Waals surface area contributed by atoms with E-state index in [0.29, 0.717) is 24.4 Å². The Bertz CT molecular complexity index is 1530. The minimum absolute atomic E-state index is 0.0178. The first kappa shape index (κ1) is 32.4. The zero-order valence-corrected chi connectivity index (χ0v) is 25.8. The zero-order chi connectivity index (χ0) is 30.9. The third kappa shape index (κ3) is 9.75. The van der Waals surface area contributed by atoms with E-state index >= 15 is 0 Å². The number of rotatable bonds is 15. The lowest BCUT2D eigenvalue weighted by Crippen LogP contribution is -2.45. The second-order valence-corrected chi connectivity index (χ2v) is 14.1. The van der Waals surface area contributed by atoms with Gasteiger partial charge < -0.3 is 25.2 Å². The topological polar surface area (TPSA) is 157 Å². The van der Waals surface area contributed by atoms with Crippen molar-refractivity contribution < 1.29 is 31.8 Å². The molecule has 1 atom stereocenters. The molecule has 5 N–H and O–H groups in total. The van der Waals surface area contributed by atoms with Crippen LogP contribution < -0.4 is 24.4 Å². The molecule has 3 aromatic rings. The Balaban J connectivity index is 1.19. The lowest BCUT2D eigenvalue weighted by atomic mass is 10.0. The van der Waals surface area contributed by atoms with E-state index in [9.17, 15) is 27.0 Å². The molecule has 1 aliphatic rings. The molecule has 0 saturated carbocycles. The van der Waals surface area contributed by atoms with Crippen molar-refractivity contribution in [1.29, 1.82) is 0 Å². The first-order valence-corrected chi connectivity index (χ1v) is 17.5. The number of unbranched alkanes of at least 4 members (excludes halogenated alkanes) is 1. The highest BCUT2D eigenvalue weighted by Crippen LogP contribution is 2.30. The molecule has 0 aliphatic carbocycles. The minimum Gasteiger partial charge on any atom is -0.506 e. The van der Waals surface area contributed by atoms with Crippen molar-refractivity contribution in [2.45, 2.75) is 49.6 Å². The lowest BCUT2D eigenvalue weighted by molar-refractivity contribution is 0.102. The van der Waals surface area contributed by atoms with Gasteiger partial charge in [-0.15, -0.1) is 0 Å². The maximum atomic E-state index is 12.6. The van der Waals surface area contributed by atoms with E-state index in [1.807, 2.05) is 19.1 Å². The number of benzene rings is 3. The maximum Gasteiger partial charge on any atom is 0.262 e. The number of nitrogens with zero attached hydrogens (tertiary/aromatic N) is 1. The van der Waals surface area contributed by atoms with Gasteiger partial charge >= 0.3 is 0 Å². The normalized spacial score (nSPS) is 15.2. The molecule has 0 bridgehead atoms. The maximum absolute atomic E-state index is 12.6. The Morgan fingerprint density at radius 3 is 2.33 bits per heavy atom. The van der Waals surface area contributed by atoms with Crippen LogP contribution in [0.4, 0.5) is 17.1 Å². The molecule has 0 aromatic heterocycles. The van der Waals surface area contributed by atoms with Gasteiger partial charge in [-0.2, -0.15) is 0 Å². The number of ether oxygens (including phenoxy) is 1. The van der Waals surface area contributed by atoms with Gasteiger partial charge in [0.2, 0.25) is 10.0 Å². The van der Waals surface area contributed by atoms with Crippen molar-refractivity contribution in [1.82, 2.24) is 5.32 Å². The van der Waals surface area contributed by atoms with Gasteiger partial charge in [0, 0.05) is 43.1 Å². The molecule has 0 amide bonds. The minimum atomic E-state index is -3.89. The highest BCUT2D eigenvalue weighted by molar-refractivity contribution is 7.93. The van der Waals surface area contributed by atoms with Crippen LogP contribution in [0, 0.1) is 0 Å². The quantitative estimate of drug-likeness (QED) is 0.158. The van der Waals surface area contributed by atoms with Gasteiger partial charge in [-0.3, -0.25) is 9.44 Å². The van der Waals surface area contributed by atoms with Crippen molar-refractivity contribution in [2.24, 2.45) is 0 Å². The van der Waals surface area contributed by atoms with Gasteiger partial charge in [-0.25, -0.2) is 16.8 Å². The molecule has 1 fully saturated rings. The molecular formula is C30H40N4O7S2. The number of hydrogen-bond acceptors (Lipinski definition) is 9. The molecule has 4 rings (SSSR count). The Morgan fingerprint density at radius 1 is 0.953 bits per heavy atom. The van der Waals surface area contributed by atoms with Gasteiger partial charge in [-0.05, 0) is 67.8 Å². The number of aliphatic hydroxyl groups excluding tert-OH is 1. The number of anilines is 3. The summed E-state index contributed by atoms with van der Waals surface area (Å²) in [6.07, 6.45) is 2.40. The summed E-state index contributed by atoms with van der Waals surface area (Å²) in [6, 6.07) is 19.7. The molecule has 11 nitrogen and oxygen atoms in total. The van der Waals surface area contributed by atoms with Gasteiger partial charge in [0.15, 0.2) is 0 Å². The van der Waals surface area contributed by atoms with E-state index < -0.39 is 26.2 Å². The number of phenolic OH excluding ortho intramolecular Hbond substituents is 1. The standard InChI is InChI=1S/C30H40N4O7S2/c1-2-3-19-42(37,38)32-24-9-11-25(12-10-24)34-17-15-23(16-18-34)31-21-26(35)22-41-27-13-14-30(36)29(20-27)33-43(39,40)28-7-5-4-6-8-28/h4-14,20,23,26,31-33,35-36H,2-3,15-19,21-22H2,1H3/t26-/m0/s1. The van der Waals surface area contributed by atoms with E-state index in [-0.39, 0.29) is 34.7 Å². The average molecular weight is 633 g/mol. The first-order valence-electron chi connectivity index (χ1n) is 14.4. The molecule has 43 heavy (non-hydrogen) atoms. The fraction of sp³-hybridized carbons (Fsp3) is 0.400. The van der Waals surface area contributed by atoms with Crippen LogP contribution in [0.5, 0.6) is 11.5 Å². The van der Waals surface area contributed by atoms with E-state index in [1.165, 1.54) is 30.3 Å². The van der Waals surface area contributed by atoms with Crippen LogP contribution in [0.2, 0.25) is 0 Å². The molecule has 1 aliphatic heterocycles. The van der Waals surface area contributed by atoms with E-state index in [1.54, 1.807) is 30.3 Å². The Hall–Kier alpha value is -3.52. The zero-order valence-electron chi connectivity index (χ0n) is 24.1. The molecule has 0 spiro atoms. The third-order valence-corrected chi connectivity index (χ3v) is 9.87. The Morgan fingerprint density at radius 2 is 1.65 bits per heavy atom. The number of phenols is 1. The third-order valence-electron chi connectivity index (χ3n) is 7.12. The summed E-state index contributed by atoms with van der Waals surface area (Å²) in [5, 5.41) is 24.0. The van der Waals surface area contributed by atoms with Crippen LogP contribution in [-0.2, 0) is 20.0 Å². The molecular weight excluding hydrogens is 592 g/mol. The summed E-state index contributed by atoms with van der Waals surface area (Å²) in [7, 11) is -7.22. The monoisotopic (exact) mass is 632 g/mol. The van der Waals surface area contributed by atoms with Crippen molar-refractivity contribution in [3.63, 3.8) is 0 Å². The van der Waals surface area contributed by atoms with Crippen LogP contribution in [-0.4, -0.2) is 71.2 Å². The van der Waals surface area contributed by atoms with Crippen LogP contribution in [0.3, 0.4) is 0 Å². The highest BCUT2D eigenvalue weighted by Gasteiger charge is 2.21. The van der Waals surface area contributed by atoms with Crippen molar-refractivity contribution >= 4 is 37.1 Å². The summed E-state index contributed by atoms with van der Waals surface area (Å²) in [5.41, 5.74) is 1.57. The fourth-order valence-electron chi connectivity index (χ4n) is 4.69. The van der Waals surface area contributed by atoms with Crippen molar-refractivity contribution in [3.05, 3.63) is 72.8 Å². The fourth-order valence-corrected chi connectivity index (χ4v) is 7.04. The molecule has 1 saturated heterocycles. The summed E-state index contributed by atoms with van der Waals surface area (Å²) < 4.78 is 60.2. The van der Waals surface area contributed by atoms with Gasteiger partial charge in [0.25, 0.3) is 10.0 Å². The van der Waals surface area contributed by atoms with Gasteiger partial charge in [0.1, 0.15) is 24.2 Å². The molecule has 0 unspecified atom stereocenters. The summed E-state index contributed by atoms with van der Waals surface area (Å²) in [6.45, 7) is 3.90. The van der Waals surface area contributed by atoms with Gasteiger partial charge in [0.05, 0.1) is 16.3 Å². The highest BCUT2D eigenvalue weighted by atomic mass is 32.2. The van der Waals surface area contributed by atoms with Crippen LogP contribution in [0.15, 0.2) is 77.7 Å². The molecule has 1 heterocycles. The predicted octanol–water partition coefficient (Wildman–Crippen LogP) is 3.73.